The van der Waals surface area contributed by atoms with Gasteiger partial charge in [0.15, 0.2) is 11.5 Å². The number of aromatic nitrogens is 5. The Balaban J connectivity index is 2.06. The maximum Gasteiger partial charge on any atom is 0.302 e. The summed E-state index contributed by atoms with van der Waals surface area (Å²) in [5.74, 6) is 1.15. The van der Waals surface area contributed by atoms with Gasteiger partial charge in [0.05, 0.1) is 12.6 Å². The molecule has 0 saturated heterocycles. The highest BCUT2D eigenvalue weighted by Gasteiger charge is 2.21. The molecule has 0 fully saturated rings. The lowest BCUT2D eigenvalue weighted by Crippen LogP contribution is -2.16. The Kier molecular flexibility index (Phi) is 2.65. The lowest BCUT2D eigenvalue weighted by molar-refractivity contribution is 0.415. The summed E-state index contributed by atoms with van der Waals surface area (Å²) in [7, 11) is 1.59. The average Bonchev–Trinajstić information content (AvgIpc) is 2.92. The third kappa shape index (κ3) is 1.76. The Hall–Kier alpha value is -3.22. The second-order valence-electron chi connectivity index (χ2n) is 4.74. The number of nitrogens with one attached hydrogen (secondary N) is 1. The quantitative estimate of drug-likeness (QED) is 0.607. The number of fused-ring (bicyclic) bond motifs is 3. The van der Waals surface area contributed by atoms with Crippen LogP contribution in [0.2, 0.25) is 0 Å². The number of hydrogen-bond donors (Lipinski definition) is 1. The minimum atomic E-state index is -0.310. The Morgan fingerprint density at radius 3 is 2.86 bits per heavy atom. The smallest absolute Gasteiger partial charge is 0.302 e. The summed E-state index contributed by atoms with van der Waals surface area (Å²) in [6.45, 7) is 0. The minimum Gasteiger partial charge on any atom is -0.497 e. The zero-order valence-electron chi connectivity index (χ0n) is 11.6. The van der Waals surface area contributed by atoms with Gasteiger partial charge in [0.1, 0.15) is 11.4 Å². The molecule has 0 bridgehead atoms. The molecule has 2 aromatic rings. The van der Waals surface area contributed by atoms with Crippen molar-refractivity contribution in [3.8, 4) is 23.0 Å². The maximum absolute atomic E-state index is 12.5. The molecule has 0 spiro atoms. The van der Waals surface area contributed by atoms with Gasteiger partial charge in [-0.05, 0) is 30.3 Å². The van der Waals surface area contributed by atoms with E-state index in [1.807, 2.05) is 18.2 Å². The molecule has 1 N–H and O–H groups in total. The van der Waals surface area contributed by atoms with Crippen LogP contribution in [0.1, 0.15) is 0 Å². The molecule has 0 atom stereocenters. The lowest BCUT2D eigenvalue weighted by Gasteiger charge is -2.04. The van der Waals surface area contributed by atoms with Crippen molar-refractivity contribution in [2.24, 2.45) is 0 Å². The van der Waals surface area contributed by atoms with Gasteiger partial charge in [-0.2, -0.15) is 14.9 Å². The summed E-state index contributed by atoms with van der Waals surface area (Å²) in [4.78, 5) is 16.6. The number of aromatic amines is 1. The van der Waals surface area contributed by atoms with Gasteiger partial charge in [0.25, 0.3) is 0 Å². The van der Waals surface area contributed by atoms with Crippen LogP contribution in [0, 0.1) is 0 Å². The second kappa shape index (κ2) is 4.66. The van der Waals surface area contributed by atoms with Gasteiger partial charge >= 0.3 is 5.56 Å². The largest absolute Gasteiger partial charge is 0.497 e. The van der Waals surface area contributed by atoms with Crippen LogP contribution in [0.5, 0.6) is 5.75 Å². The Bertz CT molecular complexity index is 990. The first-order chi connectivity index (χ1) is 10.8. The molecular formula is C15H11N5O2. The number of pyridine rings is 1. The highest BCUT2D eigenvalue weighted by atomic mass is 16.5. The Morgan fingerprint density at radius 2 is 2.09 bits per heavy atom. The van der Waals surface area contributed by atoms with Crippen molar-refractivity contribution in [3.63, 3.8) is 0 Å². The molecule has 2 aliphatic heterocycles. The monoisotopic (exact) mass is 293 g/mol. The van der Waals surface area contributed by atoms with Crippen LogP contribution in [-0.4, -0.2) is 32.1 Å². The Labute approximate surface area is 124 Å². The van der Waals surface area contributed by atoms with Crippen LogP contribution in [0.3, 0.4) is 0 Å². The van der Waals surface area contributed by atoms with Crippen LogP contribution < -0.4 is 10.3 Å². The van der Waals surface area contributed by atoms with Crippen molar-refractivity contribution >= 4 is 10.9 Å². The molecular weight excluding hydrogens is 282 g/mol. The molecule has 2 aliphatic rings. The van der Waals surface area contributed by atoms with Crippen LogP contribution >= 0.6 is 0 Å². The van der Waals surface area contributed by atoms with E-state index >= 15 is 0 Å². The molecule has 0 radical (unpaired) electrons. The molecule has 0 amide bonds. The predicted octanol–water partition coefficient (Wildman–Crippen LogP) is 1.62. The molecule has 1 aromatic heterocycles. The van der Waals surface area contributed by atoms with Gasteiger partial charge in [0, 0.05) is 11.6 Å². The van der Waals surface area contributed by atoms with Crippen molar-refractivity contribution in [2.75, 3.05) is 7.11 Å². The summed E-state index contributed by atoms with van der Waals surface area (Å²) < 4.78 is 6.49. The first kappa shape index (κ1) is 12.5. The van der Waals surface area contributed by atoms with Gasteiger partial charge in [0.2, 0.25) is 0 Å². The molecule has 1 aromatic carbocycles. The number of benzene rings is 1. The van der Waals surface area contributed by atoms with E-state index < -0.39 is 0 Å². The van der Waals surface area contributed by atoms with Gasteiger partial charge < -0.3 is 4.74 Å². The number of rotatable bonds is 2. The van der Waals surface area contributed by atoms with Crippen molar-refractivity contribution < 1.29 is 4.74 Å². The van der Waals surface area contributed by atoms with E-state index in [4.69, 9.17) is 4.74 Å². The molecule has 3 heterocycles. The van der Waals surface area contributed by atoms with Gasteiger partial charge in [-0.3, -0.25) is 9.89 Å². The predicted molar refractivity (Wildman–Crippen MR) is 80.5 cm³/mol. The van der Waals surface area contributed by atoms with E-state index in [0.29, 0.717) is 17.3 Å². The van der Waals surface area contributed by atoms with Crippen molar-refractivity contribution in [1.82, 2.24) is 25.0 Å². The van der Waals surface area contributed by atoms with Gasteiger partial charge in [-0.25, -0.2) is 4.98 Å². The SMILES string of the molecule is COc1ccc2[nH]nc3c(=O)n(-c4ccccn4)nc-3c2c1. The van der Waals surface area contributed by atoms with Crippen LogP contribution in [0.15, 0.2) is 47.4 Å². The highest BCUT2D eigenvalue weighted by molar-refractivity contribution is 5.92. The average molecular weight is 293 g/mol. The Morgan fingerprint density at radius 1 is 1.18 bits per heavy atom. The van der Waals surface area contributed by atoms with Gasteiger partial charge in [-0.1, -0.05) is 6.07 Å². The number of H-pyrrole nitrogens is 1. The molecule has 7 nitrogen and oxygen atoms in total. The number of nitrogens with zero attached hydrogens (tertiary/aromatic N) is 4. The third-order valence-corrected chi connectivity index (χ3v) is 3.46. The standard InChI is InChI=1S/C15H11N5O2/c1-22-9-5-6-11-10(8-9)13-14(18-17-11)15(21)20(19-13)12-4-2-3-7-16-12/h2-8,17H,1H3. The van der Waals surface area contributed by atoms with Gasteiger partial charge in [-0.15, -0.1) is 0 Å². The molecule has 7 heteroatoms. The van der Waals surface area contributed by atoms with E-state index in [0.717, 1.165) is 10.9 Å². The number of methoxy groups -OCH3 is 1. The zero-order chi connectivity index (χ0) is 15.1. The topological polar surface area (TPSA) is 85.7 Å². The summed E-state index contributed by atoms with van der Waals surface area (Å²) in [6.07, 6.45) is 1.61. The molecule has 0 aliphatic carbocycles. The maximum atomic E-state index is 12.5. The van der Waals surface area contributed by atoms with Crippen LogP contribution in [0.25, 0.3) is 28.1 Å². The third-order valence-electron chi connectivity index (χ3n) is 3.46. The van der Waals surface area contributed by atoms with Crippen LogP contribution in [0.4, 0.5) is 0 Å². The minimum absolute atomic E-state index is 0.270. The first-order valence-electron chi connectivity index (χ1n) is 6.64. The van der Waals surface area contributed by atoms with Crippen molar-refractivity contribution in [3.05, 3.63) is 52.9 Å². The fourth-order valence-electron chi connectivity index (χ4n) is 2.37. The summed E-state index contributed by atoms with van der Waals surface area (Å²) in [5, 5.41) is 12.2. The molecule has 0 unspecified atom stereocenters. The first-order valence-corrected chi connectivity index (χ1v) is 6.64. The number of hydrogen-bond acceptors (Lipinski definition) is 5. The number of ether oxygens (including phenoxy) is 1. The van der Waals surface area contributed by atoms with Crippen molar-refractivity contribution in [2.45, 2.75) is 0 Å². The second-order valence-corrected chi connectivity index (χ2v) is 4.74. The zero-order valence-corrected chi connectivity index (χ0v) is 11.6. The summed E-state index contributed by atoms with van der Waals surface area (Å²) in [5.41, 5.74) is 1.25. The van der Waals surface area contributed by atoms with Crippen LogP contribution in [-0.2, 0) is 0 Å². The fraction of sp³-hybridized carbons (Fsp3) is 0.0667. The summed E-state index contributed by atoms with van der Waals surface area (Å²) in [6, 6.07) is 10.8. The normalized spacial score (nSPS) is 11.1. The molecule has 0 saturated carbocycles. The van der Waals surface area contributed by atoms with E-state index in [2.05, 4.69) is 20.3 Å². The fourth-order valence-corrected chi connectivity index (χ4v) is 2.37. The van der Waals surface area contributed by atoms with E-state index in [9.17, 15) is 4.79 Å². The molecule has 22 heavy (non-hydrogen) atoms. The molecule has 108 valence electrons. The highest BCUT2D eigenvalue weighted by Crippen LogP contribution is 2.27. The molecule has 4 rings (SSSR count). The van der Waals surface area contributed by atoms with E-state index in [1.54, 1.807) is 31.5 Å². The summed E-state index contributed by atoms with van der Waals surface area (Å²) >= 11 is 0. The lowest BCUT2D eigenvalue weighted by atomic mass is 10.1. The van der Waals surface area contributed by atoms with Crippen molar-refractivity contribution in [1.29, 1.82) is 0 Å². The van der Waals surface area contributed by atoms with E-state index in [1.165, 1.54) is 4.68 Å². The van der Waals surface area contributed by atoms with E-state index in [-0.39, 0.29) is 11.3 Å².